The number of carbonyl (C=O) groups is 1. The highest BCUT2D eigenvalue weighted by atomic mass is 32.1. The average molecular weight is 424 g/mol. The highest BCUT2D eigenvalue weighted by Gasteiger charge is 2.22. The lowest BCUT2D eigenvalue weighted by Crippen LogP contribution is -2.49. The molecule has 2 aromatic carbocycles. The lowest BCUT2D eigenvalue weighted by molar-refractivity contribution is -0.123. The Kier molecular flexibility index (Phi) is 6.89. The van der Waals surface area contributed by atoms with Gasteiger partial charge in [0.1, 0.15) is 5.82 Å². The number of piperazine rings is 1. The van der Waals surface area contributed by atoms with Gasteiger partial charge in [0.05, 0.1) is 12.6 Å². The van der Waals surface area contributed by atoms with Crippen LogP contribution in [0.2, 0.25) is 0 Å². The zero-order valence-electron chi connectivity index (χ0n) is 16.8. The van der Waals surface area contributed by atoms with Gasteiger partial charge in [-0.25, -0.2) is 4.39 Å². The van der Waals surface area contributed by atoms with Crippen LogP contribution in [0.15, 0.2) is 72.1 Å². The van der Waals surface area contributed by atoms with Gasteiger partial charge in [-0.2, -0.15) is 0 Å². The number of carbonyl (C=O) groups excluding carboxylic acids is 1. The molecular formula is C24H26FN3OS. The molecule has 156 valence electrons. The van der Waals surface area contributed by atoms with Crippen molar-refractivity contribution >= 4 is 17.2 Å². The van der Waals surface area contributed by atoms with Crippen LogP contribution in [0, 0.1) is 5.82 Å². The smallest absolute Gasteiger partial charge is 0.234 e. The van der Waals surface area contributed by atoms with Crippen LogP contribution in [0.25, 0.3) is 0 Å². The van der Waals surface area contributed by atoms with Crippen LogP contribution in [0.3, 0.4) is 0 Å². The molecule has 0 radical (unpaired) electrons. The van der Waals surface area contributed by atoms with E-state index in [1.165, 1.54) is 17.7 Å². The zero-order chi connectivity index (χ0) is 20.8. The van der Waals surface area contributed by atoms with Gasteiger partial charge in [0.15, 0.2) is 0 Å². The molecule has 0 spiro atoms. The standard InChI is InChI=1S/C24H26FN3OS/c25-21-10-8-20(9-11-21)24(22-7-4-16-30-22)26-23(29)18-28-14-12-27(13-15-28)17-19-5-2-1-3-6-19/h1-11,16,24H,12-15,17-18H2,(H,26,29)/t24-/m1/s1. The molecule has 0 bridgehead atoms. The molecule has 1 atom stereocenters. The van der Waals surface area contributed by atoms with Gasteiger partial charge < -0.3 is 5.32 Å². The molecule has 2 heterocycles. The number of amides is 1. The van der Waals surface area contributed by atoms with Crippen molar-refractivity contribution in [1.29, 1.82) is 0 Å². The Morgan fingerprint density at radius 3 is 2.30 bits per heavy atom. The average Bonchev–Trinajstić information content (AvgIpc) is 3.30. The Bertz CT molecular complexity index is 923. The first-order valence-electron chi connectivity index (χ1n) is 10.2. The third-order valence-electron chi connectivity index (χ3n) is 5.42. The van der Waals surface area contributed by atoms with Crippen molar-refractivity contribution in [3.05, 3.63) is 93.9 Å². The van der Waals surface area contributed by atoms with Gasteiger partial charge in [-0.3, -0.25) is 14.6 Å². The van der Waals surface area contributed by atoms with Gasteiger partial charge in [0, 0.05) is 37.6 Å². The Morgan fingerprint density at radius 1 is 0.933 bits per heavy atom. The number of rotatable bonds is 7. The molecular weight excluding hydrogens is 397 g/mol. The molecule has 0 unspecified atom stereocenters. The van der Waals surface area contributed by atoms with E-state index in [0.717, 1.165) is 43.2 Å². The third-order valence-corrected chi connectivity index (χ3v) is 6.35. The molecule has 3 aromatic rings. The molecule has 4 rings (SSSR count). The molecule has 6 heteroatoms. The molecule has 0 aliphatic carbocycles. The Hall–Kier alpha value is -2.54. The van der Waals surface area contributed by atoms with Crippen molar-refractivity contribution in [2.45, 2.75) is 12.6 Å². The van der Waals surface area contributed by atoms with Crippen LogP contribution in [0.5, 0.6) is 0 Å². The number of hydrogen-bond acceptors (Lipinski definition) is 4. The van der Waals surface area contributed by atoms with Crippen molar-refractivity contribution in [2.24, 2.45) is 0 Å². The number of benzene rings is 2. The molecule has 1 aliphatic heterocycles. The van der Waals surface area contributed by atoms with E-state index in [0.29, 0.717) is 6.54 Å². The zero-order valence-corrected chi connectivity index (χ0v) is 17.7. The second-order valence-corrected chi connectivity index (χ2v) is 8.58. The number of halogens is 1. The number of hydrogen-bond donors (Lipinski definition) is 1. The van der Waals surface area contributed by atoms with Crippen LogP contribution in [-0.2, 0) is 11.3 Å². The molecule has 0 saturated carbocycles. The molecule has 1 amide bonds. The molecule has 4 nitrogen and oxygen atoms in total. The molecule has 1 fully saturated rings. The quantitative estimate of drug-likeness (QED) is 0.626. The summed E-state index contributed by atoms with van der Waals surface area (Å²) in [6, 6.07) is 20.6. The number of nitrogens with one attached hydrogen (secondary N) is 1. The van der Waals surface area contributed by atoms with Gasteiger partial charge in [-0.1, -0.05) is 48.5 Å². The first-order valence-corrected chi connectivity index (χ1v) is 11.1. The Balaban J connectivity index is 1.31. The topological polar surface area (TPSA) is 35.6 Å². The predicted molar refractivity (Wildman–Crippen MR) is 119 cm³/mol. The van der Waals surface area contributed by atoms with E-state index in [1.54, 1.807) is 23.5 Å². The second kappa shape index (κ2) is 9.98. The maximum Gasteiger partial charge on any atom is 0.234 e. The summed E-state index contributed by atoms with van der Waals surface area (Å²) in [4.78, 5) is 18.5. The van der Waals surface area contributed by atoms with Crippen LogP contribution >= 0.6 is 11.3 Å². The van der Waals surface area contributed by atoms with Crippen LogP contribution in [-0.4, -0.2) is 48.4 Å². The fraction of sp³-hybridized carbons (Fsp3) is 0.292. The molecule has 1 saturated heterocycles. The summed E-state index contributed by atoms with van der Waals surface area (Å²) in [5.74, 6) is -0.280. The first-order chi connectivity index (χ1) is 14.7. The minimum Gasteiger partial charge on any atom is -0.343 e. The van der Waals surface area contributed by atoms with Gasteiger partial charge in [-0.15, -0.1) is 11.3 Å². The second-order valence-electron chi connectivity index (χ2n) is 7.61. The van der Waals surface area contributed by atoms with Crippen molar-refractivity contribution in [1.82, 2.24) is 15.1 Å². The maximum atomic E-state index is 13.3. The largest absolute Gasteiger partial charge is 0.343 e. The minimum absolute atomic E-state index is 0.00534. The van der Waals surface area contributed by atoms with Gasteiger partial charge in [-0.05, 0) is 34.7 Å². The summed E-state index contributed by atoms with van der Waals surface area (Å²) in [6.07, 6.45) is 0. The molecule has 30 heavy (non-hydrogen) atoms. The van der Waals surface area contributed by atoms with Crippen LogP contribution in [0.4, 0.5) is 4.39 Å². The Labute approximate surface area is 180 Å². The summed E-state index contributed by atoms with van der Waals surface area (Å²) >= 11 is 1.59. The van der Waals surface area contributed by atoms with E-state index in [9.17, 15) is 9.18 Å². The van der Waals surface area contributed by atoms with Crippen molar-refractivity contribution in [3.63, 3.8) is 0 Å². The van der Waals surface area contributed by atoms with E-state index < -0.39 is 0 Å². The van der Waals surface area contributed by atoms with Crippen LogP contribution in [0.1, 0.15) is 22.0 Å². The molecule has 1 aliphatic rings. The van der Waals surface area contributed by atoms with Gasteiger partial charge in [0.25, 0.3) is 0 Å². The number of nitrogens with zero attached hydrogens (tertiary/aromatic N) is 2. The lowest BCUT2D eigenvalue weighted by Gasteiger charge is -2.34. The van der Waals surface area contributed by atoms with E-state index in [4.69, 9.17) is 0 Å². The normalized spacial score (nSPS) is 16.3. The highest BCUT2D eigenvalue weighted by Crippen LogP contribution is 2.26. The van der Waals surface area contributed by atoms with E-state index >= 15 is 0 Å². The summed E-state index contributed by atoms with van der Waals surface area (Å²) in [6.45, 7) is 4.98. The van der Waals surface area contributed by atoms with E-state index in [-0.39, 0.29) is 17.8 Å². The first kappa shape index (κ1) is 20.7. The highest BCUT2D eigenvalue weighted by molar-refractivity contribution is 7.10. The molecule has 1 aromatic heterocycles. The Morgan fingerprint density at radius 2 is 1.63 bits per heavy atom. The van der Waals surface area contributed by atoms with E-state index in [1.807, 2.05) is 23.6 Å². The van der Waals surface area contributed by atoms with Gasteiger partial charge >= 0.3 is 0 Å². The SMILES string of the molecule is O=C(CN1CCN(Cc2ccccc2)CC1)N[C@H](c1ccc(F)cc1)c1cccs1. The monoisotopic (exact) mass is 423 g/mol. The van der Waals surface area contributed by atoms with Gasteiger partial charge in [0.2, 0.25) is 5.91 Å². The lowest BCUT2D eigenvalue weighted by atomic mass is 10.1. The molecule has 1 N–H and O–H groups in total. The van der Waals surface area contributed by atoms with Crippen molar-refractivity contribution in [2.75, 3.05) is 32.7 Å². The third kappa shape index (κ3) is 5.53. The maximum absolute atomic E-state index is 13.3. The van der Waals surface area contributed by atoms with Crippen LogP contribution < -0.4 is 5.32 Å². The van der Waals surface area contributed by atoms with Crippen molar-refractivity contribution < 1.29 is 9.18 Å². The summed E-state index contributed by atoms with van der Waals surface area (Å²) in [5.41, 5.74) is 2.21. The fourth-order valence-corrected chi connectivity index (χ4v) is 4.59. The van der Waals surface area contributed by atoms with Crippen molar-refractivity contribution in [3.8, 4) is 0 Å². The summed E-state index contributed by atoms with van der Waals surface area (Å²) in [5, 5.41) is 5.14. The summed E-state index contributed by atoms with van der Waals surface area (Å²) < 4.78 is 13.3. The van der Waals surface area contributed by atoms with E-state index in [2.05, 4.69) is 39.4 Å². The summed E-state index contributed by atoms with van der Waals surface area (Å²) in [7, 11) is 0. The number of thiophene rings is 1. The predicted octanol–water partition coefficient (Wildman–Crippen LogP) is 3.91. The fourth-order valence-electron chi connectivity index (χ4n) is 3.79. The minimum atomic E-state index is -0.275.